The van der Waals surface area contributed by atoms with Crippen molar-refractivity contribution in [3.05, 3.63) is 53.8 Å². The van der Waals surface area contributed by atoms with Crippen LogP contribution in [0.25, 0.3) is 0 Å². The maximum atomic E-state index is 12.8. The van der Waals surface area contributed by atoms with Crippen molar-refractivity contribution in [2.75, 3.05) is 24.7 Å². The number of allylic oxidation sites excluding steroid dienone is 1. The van der Waals surface area contributed by atoms with Crippen LogP contribution in [0.4, 0.5) is 5.69 Å². The van der Waals surface area contributed by atoms with E-state index in [1.54, 1.807) is 0 Å². The molecule has 0 spiro atoms. The van der Waals surface area contributed by atoms with Gasteiger partial charge in [0.2, 0.25) is 0 Å². The van der Waals surface area contributed by atoms with E-state index in [1.807, 2.05) is 38.1 Å². The van der Waals surface area contributed by atoms with Gasteiger partial charge in [-0.05, 0) is 30.9 Å². The molecule has 160 valence electrons. The Bertz CT molecular complexity index is 864. The van der Waals surface area contributed by atoms with Crippen LogP contribution < -0.4 is 4.90 Å². The first-order chi connectivity index (χ1) is 14.4. The van der Waals surface area contributed by atoms with Gasteiger partial charge in [-0.1, -0.05) is 52.0 Å². The molecule has 0 atom stereocenters. The second-order valence-corrected chi connectivity index (χ2v) is 7.70. The summed E-state index contributed by atoms with van der Waals surface area (Å²) in [6.07, 6.45) is 4.16. The number of carbonyl (C=O) groups excluding carboxylic acids is 2. The highest BCUT2D eigenvalue weighted by atomic mass is 16.5. The van der Waals surface area contributed by atoms with Gasteiger partial charge in [-0.25, -0.2) is 9.59 Å². The van der Waals surface area contributed by atoms with E-state index in [-0.39, 0.29) is 18.8 Å². The van der Waals surface area contributed by atoms with E-state index < -0.39 is 17.4 Å². The molecule has 0 N–H and O–H groups in total. The number of esters is 2. The van der Waals surface area contributed by atoms with Crippen LogP contribution in [0.1, 0.15) is 52.0 Å². The molecule has 0 aliphatic carbocycles. The van der Waals surface area contributed by atoms with Crippen LogP contribution in [-0.4, -0.2) is 31.7 Å². The van der Waals surface area contributed by atoms with Crippen molar-refractivity contribution in [2.24, 2.45) is 0 Å². The highest BCUT2D eigenvalue weighted by Gasteiger charge is 2.43. The van der Waals surface area contributed by atoms with Crippen molar-refractivity contribution in [2.45, 2.75) is 51.9 Å². The van der Waals surface area contributed by atoms with E-state index in [1.165, 1.54) is 0 Å². The predicted molar refractivity (Wildman–Crippen MR) is 116 cm³/mol. The summed E-state index contributed by atoms with van der Waals surface area (Å²) in [6, 6.07) is 10.1. The molecule has 0 radical (unpaired) electrons. The van der Waals surface area contributed by atoms with Gasteiger partial charge in [0.1, 0.15) is 6.07 Å². The number of fused-ring (bicyclic) bond motifs is 1. The van der Waals surface area contributed by atoms with Crippen molar-refractivity contribution in [1.29, 1.82) is 5.26 Å². The molecule has 1 aromatic carbocycles. The molecule has 6 heteroatoms. The van der Waals surface area contributed by atoms with Gasteiger partial charge in [-0.2, -0.15) is 5.26 Å². The predicted octanol–water partition coefficient (Wildman–Crippen LogP) is 4.41. The molecule has 0 bridgehead atoms. The third-order valence-electron chi connectivity index (χ3n) is 5.20. The zero-order valence-corrected chi connectivity index (χ0v) is 18.1. The normalized spacial score (nSPS) is 15.7. The fraction of sp³-hybridized carbons (Fsp3) is 0.458. The summed E-state index contributed by atoms with van der Waals surface area (Å²) in [5.41, 5.74) is 2.40. The molecule has 0 aromatic heterocycles. The van der Waals surface area contributed by atoms with E-state index in [0.29, 0.717) is 18.5 Å². The number of anilines is 1. The molecule has 1 heterocycles. The van der Waals surface area contributed by atoms with Crippen molar-refractivity contribution in [3.63, 3.8) is 0 Å². The van der Waals surface area contributed by atoms with Gasteiger partial charge in [-0.3, -0.25) is 0 Å². The van der Waals surface area contributed by atoms with Gasteiger partial charge in [-0.15, -0.1) is 0 Å². The number of hydrogen-bond donors (Lipinski definition) is 0. The minimum atomic E-state index is -0.613. The Kier molecular flexibility index (Phi) is 8.23. The zero-order valence-electron chi connectivity index (χ0n) is 18.1. The maximum Gasteiger partial charge on any atom is 0.350 e. The lowest BCUT2D eigenvalue weighted by atomic mass is 9.82. The average molecular weight is 411 g/mol. The summed E-state index contributed by atoms with van der Waals surface area (Å²) in [6.45, 7) is 10.6. The lowest BCUT2D eigenvalue weighted by Crippen LogP contribution is -2.30. The van der Waals surface area contributed by atoms with E-state index in [4.69, 9.17) is 9.47 Å². The molecule has 6 nitrogen and oxygen atoms in total. The molecular formula is C24H30N2O4. The van der Waals surface area contributed by atoms with Gasteiger partial charge >= 0.3 is 11.9 Å². The SMILES string of the molecule is C=CC(=O)OCCCCOC(=O)/C(C#N)=C1/N(CCCC)c2ccccc2C1(C)C. The van der Waals surface area contributed by atoms with Crippen LogP contribution >= 0.6 is 0 Å². The van der Waals surface area contributed by atoms with Crippen LogP contribution in [0.5, 0.6) is 0 Å². The molecule has 0 saturated heterocycles. The third-order valence-corrected chi connectivity index (χ3v) is 5.20. The lowest BCUT2D eigenvalue weighted by Gasteiger charge is -2.28. The van der Waals surface area contributed by atoms with Crippen molar-refractivity contribution >= 4 is 17.6 Å². The number of carbonyl (C=O) groups is 2. The molecule has 1 aromatic rings. The fourth-order valence-corrected chi connectivity index (χ4v) is 3.69. The standard InChI is InChI=1S/C24H30N2O4/c1-5-7-14-26-20-13-9-8-12-19(20)24(3,4)22(26)18(17-25)23(28)30-16-11-10-15-29-21(27)6-2/h6,8-9,12-13H,2,5,7,10-11,14-16H2,1,3-4H3/b22-18+. The summed E-state index contributed by atoms with van der Waals surface area (Å²) in [7, 11) is 0. The molecule has 0 unspecified atom stereocenters. The zero-order chi connectivity index (χ0) is 22.1. The van der Waals surface area contributed by atoms with Gasteiger partial charge in [0, 0.05) is 23.7 Å². The number of rotatable bonds is 10. The van der Waals surface area contributed by atoms with Crippen molar-refractivity contribution in [3.8, 4) is 6.07 Å². The Morgan fingerprint density at radius 2 is 1.83 bits per heavy atom. The summed E-state index contributed by atoms with van der Waals surface area (Å²) in [5, 5.41) is 9.84. The molecular weight excluding hydrogens is 380 g/mol. The smallest absolute Gasteiger partial charge is 0.350 e. The minimum Gasteiger partial charge on any atom is -0.463 e. The first kappa shape index (κ1) is 23.2. The summed E-state index contributed by atoms with van der Waals surface area (Å²) in [5.74, 6) is -1.09. The van der Waals surface area contributed by atoms with Gasteiger partial charge < -0.3 is 14.4 Å². The molecule has 0 saturated carbocycles. The maximum absolute atomic E-state index is 12.8. The van der Waals surface area contributed by atoms with E-state index in [2.05, 4.69) is 24.5 Å². The number of nitrogens with zero attached hydrogens (tertiary/aromatic N) is 2. The molecule has 1 aliphatic rings. The largest absolute Gasteiger partial charge is 0.463 e. The first-order valence-corrected chi connectivity index (χ1v) is 10.4. The third kappa shape index (κ3) is 5.10. The van der Waals surface area contributed by atoms with Gasteiger partial charge in [0.05, 0.1) is 18.9 Å². The topological polar surface area (TPSA) is 79.6 Å². The second kappa shape index (κ2) is 10.6. The quantitative estimate of drug-likeness (QED) is 0.246. The fourth-order valence-electron chi connectivity index (χ4n) is 3.69. The summed E-state index contributed by atoms with van der Waals surface area (Å²) >= 11 is 0. The van der Waals surface area contributed by atoms with Crippen molar-refractivity contribution < 1.29 is 19.1 Å². The Labute approximate surface area is 178 Å². The van der Waals surface area contributed by atoms with E-state index in [0.717, 1.165) is 36.7 Å². The summed E-state index contributed by atoms with van der Waals surface area (Å²) < 4.78 is 10.3. The molecule has 0 amide bonds. The highest BCUT2D eigenvalue weighted by Crippen LogP contribution is 2.48. The minimum absolute atomic E-state index is 0.0467. The average Bonchev–Trinajstić information content (AvgIpc) is 2.96. The summed E-state index contributed by atoms with van der Waals surface area (Å²) in [4.78, 5) is 25.9. The lowest BCUT2D eigenvalue weighted by molar-refractivity contribution is -0.140. The van der Waals surface area contributed by atoms with Crippen LogP contribution in [0.3, 0.4) is 0 Å². The van der Waals surface area contributed by atoms with Gasteiger partial charge in [0.15, 0.2) is 5.57 Å². The first-order valence-electron chi connectivity index (χ1n) is 10.4. The number of ether oxygens (including phenoxy) is 2. The Morgan fingerprint density at radius 3 is 2.47 bits per heavy atom. The second-order valence-electron chi connectivity index (χ2n) is 7.70. The van der Waals surface area contributed by atoms with Gasteiger partial charge in [0.25, 0.3) is 0 Å². The van der Waals surface area contributed by atoms with Crippen molar-refractivity contribution in [1.82, 2.24) is 0 Å². The van der Waals surface area contributed by atoms with Crippen LogP contribution in [-0.2, 0) is 24.5 Å². The number of unbranched alkanes of at least 4 members (excludes halogenated alkanes) is 2. The van der Waals surface area contributed by atoms with E-state index in [9.17, 15) is 14.9 Å². The molecule has 30 heavy (non-hydrogen) atoms. The van der Waals surface area contributed by atoms with Crippen LogP contribution in [0.15, 0.2) is 48.2 Å². The Balaban J connectivity index is 2.17. The number of benzene rings is 1. The molecule has 2 rings (SSSR count). The van der Waals surface area contributed by atoms with Crippen LogP contribution in [0, 0.1) is 11.3 Å². The molecule has 1 aliphatic heterocycles. The highest BCUT2D eigenvalue weighted by molar-refractivity contribution is 5.96. The van der Waals surface area contributed by atoms with Crippen LogP contribution in [0.2, 0.25) is 0 Å². The Morgan fingerprint density at radius 1 is 1.17 bits per heavy atom. The Hall–Kier alpha value is -3.07. The molecule has 0 fully saturated rings. The number of para-hydroxylation sites is 1. The van der Waals surface area contributed by atoms with E-state index >= 15 is 0 Å². The number of nitriles is 1. The number of hydrogen-bond acceptors (Lipinski definition) is 6. The monoisotopic (exact) mass is 410 g/mol.